The van der Waals surface area contributed by atoms with Crippen LogP contribution in [0.2, 0.25) is 0 Å². The first kappa shape index (κ1) is 48.3. The Bertz CT molecular complexity index is 800. The summed E-state index contributed by atoms with van der Waals surface area (Å²) >= 11 is 0. The molecule has 0 rings (SSSR count). The predicted molar refractivity (Wildman–Crippen MR) is 213 cm³/mol. The summed E-state index contributed by atoms with van der Waals surface area (Å²) in [4.78, 5) is 29.5. The maximum absolute atomic E-state index is 12.2. The SMILES string of the molecule is CC(C)=CCC[C@@H](C)CCOC(=O)CCCCCN(CCCN)CCCCN(CCCN)CCCCCC(=O)OCC[C@H](C)CCC=C(C)C. The fourth-order valence-electron chi connectivity index (χ4n) is 6.03. The van der Waals surface area contributed by atoms with E-state index in [0.29, 0.717) is 37.9 Å². The lowest BCUT2D eigenvalue weighted by Gasteiger charge is -2.24. The molecule has 0 aromatic heterocycles. The van der Waals surface area contributed by atoms with Crippen molar-refractivity contribution in [3.63, 3.8) is 0 Å². The first-order chi connectivity index (χ1) is 24.1. The van der Waals surface area contributed by atoms with Gasteiger partial charge in [-0.25, -0.2) is 0 Å². The Kier molecular flexibility index (Phi) is 33.2. The topological polar surface area (TPSA) is 111 Å². The second kappa shape index (κ2) is 34.4. The molecule has 4 N–H and O–H groups in total. The summed E-state index contributed by atoms with van der Waals surface area (Å²) in [5.74, 6) is 1.05. The van der Waals surface area contributed by atoms with Crippen LogP contribution in [0.3, 0.4) is 0 Å². The number of unbranched alkanes of at least 4 members (excludes halogenated alkanes) is 5. The van der Waals surface area contributed by atoms with E-state index in [-0.39, 0.29) is 11.9 Å². The fourth-order valence-corrected chi connectivity index (χ4v) is 6.03. The van der Waals surface area contributed by atoms with E-state index >= 15 is 0 Å². The molecule has 0 fully saturated rings. The van der Waals surface area contributed by atoms with Gasteiger partial charge in [-0.3, -0.25) is 9.59 Å². The minimum absolute atomic E-state index is 0.0509. The van der Waals surface area contributed by atoms with Crippen LogP contribution in [0, 0.1) is 11.8 Å². The molecule has 2 atom stereocenters. The summed E-state index contributed by atoms with van der Waals surface area (Å²) in [6, 6.07) is 0. The highest BCUT2D eigenvalue weighted by Crippen LogP contribution is 2.14. The van der Waals surface area contributed by atoms with E-state index in [1.165, 1.54) is 24.0 Å². The van der Waals surface area contributed by atoms with Crippen molar-refractivity contribution >= 4 is 11.9 Å². The standard InChI is InChI=1S/C42H82N4O4/c1-37(2)19-15-21-39(5)25-35-49-41(47)23-9-7-11-29-45(33-17-27-43)31-13-14-32-46(34-18-28-44)30-12-8-10-24-42(48)50-36-26-40(6)22-16-20-38(3)4/h19-20,39-40H,7-18,21-36,43-44H2,1-6H3/t39-,40-/m1/s1. The van der Waals surface area contributed by atoms with Gasteiger partial charge in [0.1, 0.15) is 0 Å². The number of nitrogens with two attached hydrogens (primary N) is 2. The third kappa shape index (κ3) is 33.4. The first-order valence-corrected chi connectivity index (χ1v) is 20.5. The van der Waals surface area contributed by atoms with E-state index in [0.717, 1.165) is 142 Å². The molecule has 8 nitrogen and oxygen atoms in total. The molecule has 8 heteroatoms. The number of esters is 2. The second-order valence-electron chi connectivity index (χ2n) is 15.2. The summed E-state index contributed by atoms with van der Waals surface area (Å²) in [5, 5.41) is 0. The quantitative estimate of drug-likeness (QED) is 0.0382. The highest BCUT2D eigenvalue weighted by molar-refractivity contribution is 5.69. The van der Waals surface area contributed by atoms with Crippen LogP contribution in [-0.4, -0.2) is 87.3 Å². The summed E-state index contributed by atoms with van der Waals surface area (Å²) in [6.07, 6.45) is 22.5. The molecule has 0 amide bonds. The Balaban J connectivity index is 4.17. The van der Waals surface area contributed by atoms with Crippen molar-refractivity contribution in [2.75, 3.05) is 65.6 Å². The van der Waals surface area contributed by atoms with Crippen molar-refractivity contribution in [3.05, 3.63) is 23.3 Å². The number of ether oxygens (including phenoxy) is 2. The lowest BCUT2D eigenvalue weighted by Crippen LogP contribution is -2.31. The summed E-state index contributed by atoms with van der Waals surface area (Å²) < 4.78 is 11.0. The maximum Gasteiger partial charge on any atom is 0.305 e. The molecule has 0 aromatic carbocycles. The molecular formula is C42H82N4O4. The van der Waals surface area contributed by atoms with E-state index in [2.05, 4.69) is 63.5 Å². The molecule has 0 spiro atoms. The van der Waals surface area contributed by atoms with Gasteiger partial charge in [0.25, 0.3) is 0 Å². The van der Waals surface area contributed by atoms with E-state index in [1.54, 1.807) is 0 Å². The third-order valence-electron chi connectivity index (χ3n) is 9.44. The van der Waals surface area contributed by atoms with Crippen molar-refractivity contribution in [2.24, 2.45) is 23.3 Å². The fraction of sp³-hybridized carbons (Fsp3) is 0.857. The highest BCUT2D eigenvalue weighted by atomic mass is 16.5. The molecule has 0 radical (unpaired) electrons. The summed E-state index contributed by atoms with van der Waals surface area (Å²) in [5.41, 5.74) is 14.4. The summed E-state index contributed by atoms with van der Waals surface area (Å²) in [7, 11) is 0. The summed E-state index contributed by atoms with van der Waals surface area (Å²) in [6.45, 7) is 21.9. The Hall–Kier alpha value is -1.74. The zero-order valence-corrected chi connectivity index (χ0v) is 33.8. The molecule has 0 aromatic rings. The average molecular weight is 707 g/mol. The van der Waals surface area contributed by atoms with Crippen LogP contribution >= 0.6 is 0 Å². The number of carbonyl (C=O) groups is 2. The Morgan fingerprint density at radius 2 is 0.860 bits per heavy atom. The van der Waals surface area contributed by atoms with Crippen LogP contribution in [0.15, 0.2) is 23.3 Å². The molecule has 50 heavy (non-hydrogen) atoms. The molecular weight excluding hydrogens is 624 g/mol. The monoisotopic (exact) mass is 707 g/mol. The van der Waals surface area contributed by atoms with Crippen LogP contribution < -0.4 is 11.5 Å². The lowest BCUT2D eigenvalue weighted by molar-refractivity contribution is -0.145. The first-order valence-electron chi connectivity index (χ1n) is 20.5. The minimum atomic E-state index is -0.0509. The number of hydrogen-bond acceptors (Lipinski definition) is 8. The van der Waals surface area contributed by atoms with E-state index < -0.39 is 0 Å². The number of carbonyl (C=O) groups excluding carboxylic acids is 2. The van der Waals surface area contributed by atoms with Gasteiger partial charge in [0.05, 0.1) is 13.2 Å². The van der Waals surface area contributed by atoms with Crippen LogP contribution in [0.4, 0.5) is 0 Å². The van der Waals surface area contributed by atoms with E-state index in [4.69, 9.17) is 20.9 Å². The van der Waals surface area contributed by atoms with Crippen molar-refractivity contribution in [3.8, 4) is 0 Å². The van der Waals surface area contributed by atoms with Crippen LogP contribution in [0.1, 0.15) is 157 Å². The second-order valence-corrected chi connectivity index (χ2v) is 15.2. The van der Waals surface area contributed by atoms with Gasteiger partial charge in [0.2, 0.25) is 0 Å². The predicted octanol–water partition coefficient (Wildman–Crippen LogP) is 8.82. The van der Waals surface area contributed by atoms with Crippen LogP contribution in [0.25, 0.3) is 0 Å². The molecule has 0 unspecified atom stereocenters. The molecule has 0 saturated carbocycles. The Morgan fingerprint density at radius 1 is 0.520 bits per heavy atom. The van der Waals surface area contributed by atoms with Crippen LogP contribution in [-0.2, 0) is 19.1 Å². The smallest absolute Gasteiger partial charge is 0.305 e. The zero-order chi connectivity index (χ0) is 37.2. The highest BCUT2D eigenvalue weighted by Gasteiger charge is 2.10. The van der Waals surface area contributed by atoms with Crippen molar-refractivity contribution in [1.29, 1.82) is 0 Å². The number of allylic oxidation sites excluding steroid dienone is 4. The normalized spacial score (nSPS) is 12.6. The maximum atomic E-state index is 12.2. The molecule has 0 bridgehead atoms. The van der Waals surface area contributed by atoms with Crippen molar-refractivity contribution in [2.45, 2.75) is 157 Å². The van der Waals surface area contributed by atoms with E-state index in [1.807, 2.05) is 0 Å². The Labute approximate surface area is 309 Å². The number of hydrogen-bond donors (Lipinski definition) is 2. The third-order valence-corrected chi connectivity index (χ3v) is 9.44. The van der Waals surface area contributed by atoms with Gasteiger partial charge in [-0.2, -0.15) is 0 Å². The molecule has 0 saturated heterocycles. The van der Waals surface area contributed by atoms with Gasteiger partial charge < -0.3 is 30.7 Å². The van der Waals surface area contributed by atoms with Crippen molar-refractivity contribution < 1.29 is 19.1 Å². The van der Waals surface area contributed by atoms with Gasteiger partial charge in [0.15, 0.2) is 0 Å². The Morgan fingerprint density at radius 3 is 1.20 bits per heavy atom. The van der Waals surface area contributed by atoms with Gasteiger partial charge in [-0.1, -0.05) is 50.0 Å². The van der Waals surface area contributed by atoms with Gasteiger partial charge in [-0.15, -0.1) is 0 Å². The molecule has 0 aliphatic rings. The minimum Gasteiger partial charge on any atom is -0.466 e. The van der Waals surface area contributed by atoms with Crippen molar-refractivity contribution in [1.82, 2.24) is 9.80 Å². The largest absolute Gasteiger partial charge is 0.466 e. The number of rotatable bonds is 35. The van der Waals surface area contributed by atoms with Crippen LogP contribution in [0.5, 0.6) is 0 Å². The molecule has 0 heterocycles. The zero-order valence-electron chi connectivity index (χ0n) is 33.8. The van der Waals surface area contributed by atoms with Gasteiger partial charge in [0, 0.05) is 12.8 Å². The van der Waals surface area contributed by atoms with Gasteiger partial charge in [-0.05, 0) is 182 Å². The molecule has 0 aliphatic carbocycles. The molecule has 0 aliphatic heterocycles. The number of nitrogens with zero attached hydrogens (tertiary/aromatic N) is 2. The lowest BCUT2D eigenvalue weighted by atomic mass is 10.0. The molecule has 294 valence electrons. The van der Waals surface area contributed by atoms with E-state index in [9.17, 15) is 9.59 Å². The van der Waals surface area contributed by atoms with Gasteiger partial charge >= 0.3 is 11.9 Å². The average Bonchev–Trinajstić information content (AvgIpc) is 3.06.